The van der Waals surface area contributed by atoms with Gasteiger partial charge >= 0.3 is 6.09 Å². The van der Waals surface area contributed by atoms with Gasteiger partial charge in [0.05, 0.1) is 10.5 Å². The average molecular weight is 403 g/mol. The summed E-state index contributed by atoms with van der Waals surface area (Å²) >= 11 is 0. The van der Waals surface area contributed by atoms with Gasteiger partial charge in [0.15, 0.2) is 0 Å². The molecule has 0 aromatic heterocycles. The highest BCUT2D eigenvalue weighted by Gasteiger charge is 2.26. The van der Waals surface area contributed by atoms with Gasteiger partial charge in [-0.15, -0.1) is 0 Å². The van der Waals surface area contributed by atoms with E-state index in [9.17, 15) is 19.7 Å². The number of amides is 2. The Hall–Kier alpha value is -2.90. The molecule has 0 saturated carbocycles. The van der Waals surface area contributed by atoms with Gasteiger partial charge in [0, 0.05) is 38.8 Å². The minimum Gasteiger partial charge on any atom is -0.444 e. The van der Waals surface area contributed by atoms with E-state index in [0.717, 1.165) is 12.8 Å². The Kier molecular flexibility index (Phi) is 7.36. The lowest BCUT2D eigenvalue weighted by molar-refractivity contribution is -0.385. The van der Waals surface area contributed by atoms with Crippen LogP contribution in [-0.2, 0) is 9.53 Å². The average Bonchev–Trinajstić information content (AvgIpc) is 2.65. The van der Waals surface area contributed by atoms with Crippen LogP contribution in [0.5, 0.6) is 0 Å². The molecule has 8 nitrogen and oxygen atoms in total. The van der Waals surface area contributed by atoms with Crippen LogP contribution in [0.15, 0.2) is 30.3 Å². The Bertz CT molecular complexity index is 777. The molecular weight excluding hydrogens is 374 g/mol. The first-order chi connectivity index (χ1) is 13.6. The molecule has 29 heavy (non-hydrogen) atoms. The number of hydrogen-bond donors (Lipinski definition) is 0. The lowest BCUT2D eigenvalue weighted by atomic mass is 9.96. The Balaban J connectivity index is 1.85. The van der Waals surface area contributed by atoms with E-state index in [2.05, 4.69) is 0 Å². The predicted octanol–water partition coefficient (Wildman–Crippen LogP) is 3.71. The summed E-state index contributed by atoms with van der Waals surface area (Å²) in [7, 11) is 1.72. The van der Waals surface area contributed by atoms with Crippen LogP contribution < -0.4 is 0 Å². The summed E-state index contributed by atoms with van der Waals surface area (Å²) in [6.45, 7) is 7.27. The van der Waals surface area contributed by atoms with Crippen molar-refractivity contribution in [3.05, 3.63) is 46.0 Å². The number of benzene rings is 1. The monoisotopic (exact) mass is 403 g/mol. The number of nitro benzene ring substituents is 1. The van der Waals surface area contributed by atoms with Crippen molar-refractivity contribution in [2.24, 2.45) is 5.92 Å². The van der Waals surface area contributed by atoms with Crippen molar-refractivity contribution in [3.8, 4) is 0 Å². The van der Waals surface area contributed by atoms with E-state index >= 15 is 0 Å². The third kappa shape index (κ3) is 6.89. The van der Waals surface area contributed by atoms with Crippen molar-refractivity contribution in [3.63, 3.8) is 0 Å². The third-order valence-electron chi connectivity index (χ3n) is 4.70. The molecule has 0 bridgehead atoms. The normalized spacial score (nSPS) is 15.4. The molecule has 0 N–H and O–H groups in total. The van der Waals surface area contributed by atoms with Crippen LogP contribution in [0.1, 0.15) is 39.2 Å². The first-order valence-corrected chi connectivity index (χ1v) is 9.71. The topological polar surface area (TPSA) is 93.0 Å². The number of nitro groups is 1. The number of piperidine rings is 1. The van der Waals surface area contributed by atoms with Crippen LogP contribution in [0.3, 0.4) is 0 Å². The molecular formula is C21H29N3O5. The maximum Gasteiger partial charge on any atom is 0.410 e. The largest absolute Gasteiger partial charge is 0.444 e. The number of para-hydroxylation sites is 1. The van der Waals surface area contributed by atoms with Gasteiger partial charge in [-0.3, -0.25) is 14.9 Å². The van der Waals surface area contributed by atoms with Gasteiger partial charge in [0.2, 0.25) is 5.91 Å². The molecule has 2 rings (SSSR count). The summed E-state index contributed by atoms with van der Waals surface area (Å²) < 4.78 is 5.37. The van der Waals surface area contributed by atoms with Gasteiger partial charge in [-0.05, 0) is 51.7 Å². The van der Waals surface area contributed by atoms with Crippen molar-refractivity contribution in [1.29, 1.82) is 0 Å². The number of rotatable bonds is 5. The summed E-state index contributed by atoms with van der Waals surface area (Å²) in [6, 6.07) is 6.32. The molecule has 8 heteroatoms. The molecule has 2 amide bonds. The summed E-state index contributed by atoms with van der Waals surface area (Å²) in [5.74, 6) is 0.137. The van der Waals surface area contributed by atoms with Crippen molar-refractivity contribution in [1.82, 2.24) is 9.80 Å². The zero-order valence-electron chi connectivity index (χ0n) is 17.5. The first kappa shape index (κ1) is 22.4. The predicted molar refractivity (Wildman–Crippen MR) is 110 cm³/mol. The van der Waals surface area contributed by atoms with Gasteiger partial charge in [-0.25, -0.2) is 4.79 Å². The van der Waals surface area contributed by atoms with E-state index in [-0.39, 0.29) is 17.7 Å². The highest BCUT2D eigenvalue weighted by atomic mass is 16.6. The lowest BCUT2D eigenvalue weighted by Crippen LogP contribution is -2.42. The van der Waals surface area contributed by atoms with Gasteiger partial charge < -0.3 is 14.5 Å². The second-order valence-corrected chi connectivity index (χ2v) is 8.28. The first-order valence-electron chi connectivity index (χ1n) is 9.71. The zero-order valence-corrected chi connectivity index (χ0v) is 17.5. The van der Waals surface area contributed by atoms with Crippen molar-refractivity contribution >= 4 is 23.8 Å². The fourth-order valence-electron chi connectivity index (χ4n) is 3.20. The number of carbonyl (C=O) groups is 2. The summed E-state index contributed by atoms with van der Waals surface area (Å²) in [5.41, 5.74) is -0.151. The van der Waals surface area contributed by atoms with Crippen LogP contribution >= 0.6 is 0 Å². The molecule has 1 fully saturated rings. The molecule has 0 unspecified atom stereocenters. The summed E-state index contributed by atoms with van der Waals surface area (Å²) in [6.07, 6.45) is 4.11. The lowest BCUT2D eigenvalue weighted by Gasteiger charge is -2.34. The second-order valence-electron chi connectivity index (χ2n) is 8.28. The fraction of sp³-hybridized carbons (Fsp3) is 0.524. The molecule has 1 aromatic carbocycles. The van der Waals surface area contributed by atoms with E-state index in [1.165, 1.54) is 18.2 Å². The molecule has 1 aliphatic heterocycles. The molecule has 158 valence electrons. The molecule has 1 aliphatic rings. The maximum atomic E-state index is 12.4. The SMILES string of the molecule is CN(CC1CCN(C(=O)/C=C/c2ccccc2[N+](=O)[O-])CC1)C(=O)OC(C)(C)C. The third-order valence-corrected chi connectivity index (χ3v) is 4.70. The molecule has 0 spiro atoms. The quantitative estimate of drug-likeness (QED) is 0.424. The van der Waals surface area contributed by atoms with E-state index in [1.807, 2.05) is 20.8 Å². The van der Waals surface area contributed by atoms with Crippen LogP contribution in [0.4, 0.5) is 10.5 Å². The van der Waals surface area contributed by atoms with Crippen LogP contribution in [0, 0.1) is 16.0 Å². The number of ether oxygens (including phenoxy) is 1. The van der Waals surface area contributed by atoms with Crippen LogP contribution in [0.2, 0.25) is 0 Å². The molecule has 1 heterocycles. The van der Waals surface area contributed by atoms with Crippen molar-refractivity contribution in [2.75, 3.05) is 26.7 Å². The Labute approximate surface area is 171 Å². The Morgan fingerprint density at radius 3 is 2.48 bits per heavy atom. The summed E-state index contributed by atoms with van der Waals surface area (Å²) in [5, 5.41) is 11.1. The zero-order chi connectivity index (χ0) is 21.6. The van der Waals surface area contributed by atoms with E-state index in [4.69, 9.17) is 4.74 Å². The van der Waals surface area contributed by atoms with E-state index in [0.29, 0.717) is 31.1 Å². The number of likely N-dealkylation sites (tertiary alicyclic amines) is 1. The fourth-order valence-corrected chi connectivity index (χ4v) is 3.20. The number of carbonyl (C=O) groups excluding carboxylic acids is 2. The van der Waals surface area contributed by atoms with Crippen LogP contribution in [0.25, 0.3) is 6.08 Å². The van der Waals surface area contributed by atoms with Crippen LogP contribution in [-0.4, -0.2) is 59.0 Å². The highest BCUT2D eigenvalue weighted by Crippen LogP contribution is 2.21. The highest BCUT2D eigenvalue weighted by molar-refractivity contribution is 5.92. The van der Waals surface area contributed by atoms with Crippen molar-refractivity contribution < 1.29 is 19.2 Å². The molecule has 0 aliphatic carbocycles. The van der Waals surface area contributed by atoms with Gasteiger partial charge in [-0.2, -0.15) is 0 Å². The van der Waals surface area contributed by atoms with Gasteiger partial charge in [0.1, 0.15) is 5.60 Å². The van der Waals surface area contributed by atoms with Crippen molar-refractivity contribution in [2.45, 2.75) is 39.2 Å². The smallest absolute Gasteiger partial charge is 0.410 e. The Morgan fingerprint density at radius 2 is 1.90 bits per heavy atom. The maximum absolute atomic E-state index is 12.4. The number of nitrogens with zero attached hydrogens (tertiary/aromatic N) is 3. The van der Waals surface area contributed by atoms with Gasteiger partial charge in [-0.1, -0.05) is 12.1 Å². The summed E-state index contributed by atoms with van der Waals surface area (Å²) in [4.78, 5) is 38.4. The Morgan fingerprint density at radius 1 is 1.28 bits per heavy atom. The van der Waals surface area contributed by atoms with E-state index in [1.54, 1.807) is 35.0 Å². The standard InChI is InChI=1S/C21H29N3O5/c1-21(2,3)29-20(26)22(4)15-16-11-13-23(14-12-16)19(25)10-9-17-7-5-6-8-18(17)24(27)28/h5-10,16H,11-15H2,1-4H3/b10-9+. The molecule has 1 aromatic rings. The minimum absolute atomic E-state index is 0.0274. The van der Waals surface area contributed by atoms with Gasteiger partial charge in [0.25, 0.3) is 5.69 Å². The molecule has 0 atom stereocenters. The number of hydrogen-bond acceptors (Lipinski definition) is 5. The molecule has 1 saturated heterocycles. The molecule has 0 radical (unpaired) electrons. The minimum atomic E-state index is -0.527. The second kappa shape index (κ2) is 9.54. The van der Waals surface area contributed by atoms with E-state index < -0.39 is 10.5 Å².